The predicted molar refractivity (Wildman–Crippen MR) is 78.9 cm³/mol. The minimum Gasteiger partial charge on any atom is -0.459 e. The van der Waals surface area contributed by atoms with E-state index in [1.807, 2.05) is 0 Å². The first kappa shape index (κ1) is 20.3. The van der Waals surface area contributed by atoms with E-state index in [1.165, 1.54) is 0 Å². The third kappa shape index (κ3) is 12.8. The van der Waals surface area contributed by atoms with Gasteiger partial charge in [0, 0.05) is 0 Å². The Bertz CT molecular complexity index is 458. The summed E-state index contributed by atoms with van der Waals surface area (Å²) in [5, 5.41) is 8.92. The molecule has 0 atom stereocenters. The fourth-order valence-corrected chi connectivity index (χ4v) is 1.23. The van der Waals surface area contributed by atoms with Gasteiger partial charge < -0.3 is 26.0 Å². The second kappa shape index (κ2) is 10.1. The van der Waals surface area contributed by atoms with Crippen LogP contribution in [0.15, 0.2) is 0 Å². The molecular formula is C13H22N4O6. The van der Waals surface area contributed by atoms with Crippen LogP contribution in [0.3, 0.4) is 0 Å². The zero-order valence-corrected chi connectivity index (χ0v) is 13.4. The summed E-state index contributed by atoms with van der Waals surface area (Å²) in [6.45, 7) is 3.87. The zero-order valence-electron chi connectivity index (χ0n) is 13.4. The molecule has 0 heterocycles. The third-order valence-corrected chi connectivity index (χ3v) is 2.09. The van der Waals surface area contributed by atoms with Gasteiger partial charge in [-0.2, -0.15) is 0 Å². The smallest absolute Gasteiger partial charge is 0.325 e. The minimum atomic E-state index is -0.646. The molecule has 0 aromatic rings. The molecule has 0 aliphatic rings. The van der Waals surface area contributed by atoms with E-state index in [-0.39, 0.29) is 26.2 Å². The Labute approximate surface area is 133 Å². The second-order valence-corrected chi connectivity index (χ2v) is 5.42. The molecule has 0 aliphatic carbocycles. The second-order valence-electron chi connectivity index (χ2n) is 5.42. The Kier molecular flexibility index (Phi) is 8.97. The Morgan fingerprint density at radius 2 is 1.26 bits per heavy atom. The lowest BCUT2D eigenvalue weighted by molar-refractivity contribution is -0.154. The lowest BCUT2D eigenvalue weighted by Gasteiger charge is -2.19. The highest BCUT2D eigenvalue weighted by atomic mass is 16.6. The van der Waals surface area contributed by atoms with Crippen LogP contribution >= 0.6 is 0 Å². The summed E-state index contributed by atoms with van der Waals surface area (Å²) in [7, 11) is 0. The van der Waals surface area contributed by atoms with Crippen molar-refractivity contribution in [2.45, 2.75) is 26.4 Å². The molecule has 23 heavy (non-hydrogen) atoms. The van der Waals surface area contributed by atoms with E-state index in [2.05, 4.69) is 21.3 Å². The molecule has 10 heteroatoms. The largest absolute Gasteiger partial charge is 0.459 e. The Balaban J connectivity index is 3.84. The number of rotatable bonds is 9. The van der Waals surface area contributed by atoms with Crippen LogP contribution in [0.1, 0.15) is 20.8 Å². The molecule has 0 aromatic carbocycles. The predicted octanol–water partition coefficient (Wildman–Crippen LogP) is -2.58. The van der Waals surface area contributed by atoms with Crippen LogP contribution in [0.5, 0.6) is 0 Å². The highest BCUT2D eigenvalue weighted by molar-refractivity contribution is 5.89. The number of carbonyl (C=O) groups excluding carboxylic acids is 5. The molecule has 0 bridgehead atoms. The zero-order chi connectivity index (χ0) is 17.9. The van der Waals surface area contributed by atoms with Crippen molar-refractivity contribution in [1.29, 1.82) is 0 Å². The minimum absolute atomic E-state index is 0.243. The van der Waals surface area contributed by atoms with Crippen molar-refractivity contribution >= 4 is 30.1 Å². The number of hydrogen-bond donors (Lipinski definition) is 4. The molecule has 10 nitrogen and oxygen atoms in total. The highest BCUT2D eigenvalue weighted by Crippen LogP contribution is 2.05. The molecule has 4 amide bonds. The van der Waals surface area contributed by atoms with Crippen molar-refractivity contribution in [3.05, 3.63) is 0 Å². The lowest BCUT2D eigenvalue weighted by atomic mass is 10.2. The summed E-state index contributed by atoms with van der Waals surface area (Å²) >= 11 is 0. The van der Waals surface area contributed by atoms with Gasteiger partial charge in [0.05, 0.1) is 19.6 Å². The van der Waals surface area contributed by atoms with Crippen LogP contribution in [0, 0.1) is 0 Å². The van der Waals surface area contributed by atoms with Gasteiger partial charge in [0.2, 0.25) is 24.1 Å². The van der Waals surface area contributed by atoms with E-state index >= 15 is 0 Å². The maximum Gasteiger partial charge on any atom is 0.325 e. The van der Waals surface area contributed by atoms with Crippen LogP contribution in [0.4, 0.5) is 0 Å². The van der Waals surface area contributed by atoms with E-state index in [1.54, 1.807) is 20.8 Å². The molecule has 0 fully saturated rings. The molecule has 0 spiro atoms. The summed E-state index contributed by atoms with van der Waals surface area (Å²) in [6.07, 6.45) is 0.356. The fourth-order valence-electron chi connectivity index (χ4n) is 1.23. The number of hydrogen-bond acceptors (Lipinski definition) is 6. The summed E-state index contributed by atoms with van der Waals surface area (Å²) in [5.41, 5.74) is -0.646. The summed E-state index contributed by atoms with van der Waals surface area (Å²) in [5.74, 6) is -2.29. The van der Waals surface area contributed by atoms with Gasteiger partial charge in [0.25, 0.3) is 0 Å². The van der Waals surface area contributed by atoms with Gasteiger partial charge >= 0.3 is 5.97 Å². The first-order valence-corrected chi connectivity index (χ1v) is 6.83. The normalized spacial score (nSPS) is 10.2. The van der Waals surface area contributed by atoms with E-state index in [9.17, 15) is 24.0 Å². The number of carbonyl (C=O) groups is 5. The number of esters is 1. The molecule has 0 aliphatic heterocycles. The fraction of sp³-hybridized carbons (Fsp3) is 0.615. The standard InChI is InChI=1S/C13H22N4O6/c1-13(2,3)23-12(22)7-17-11(21)6-16-10(20)5-15-9(19)4-14-8-18/h8H,4-7H2,1-3H3,(H,14,18)(H,15,19)(H,16,20)(H,17,21). The number of nitrogens with one attached hydrogen (secondary N) is 4. The van der Waals surface area contributed by atoms with E-state index in [0.29, 0.717) is 6.41 Å². The molecule has 0 saturated carbocycles. The van der Waals surface area contributed by atoms with Crippen molar-refractivity contribution in [3.63, 3.8) is 0 Å². The van der Waals surface area contributed by atoms with Crippen LogP contribution in [0.2, 0.25) is 0 Å². The van der Waals surface area contributed by atoms with Crippen LogP contribution in [-0.4, -0.2) is 61.9 Å². The lowest BCUT2D eigenvalue weighted by Crippen LogP contribution is -2.44. The average molecular weight is 330 g/mol. The Hall–Kier alpha value is -2.65. The molecule has 0 rings (SSSR count). The van der Waals surface area contributed by atoms with Gasteiger partial charge in [-0.1, -0.05) is 0 Å². The van der Waals surface area contributed by atoms with Gasteiger partial charge in [0.15, 0.2) is 0 Å². The summed E-state index contributed by atoms with van der Waals surface area (Å²) < 4.78 is 4.99. The molecule has 0 unspecified atom stereocenters. The van der Waals surface area contributed by atoms with Gasteiger partial charge in [-0.25, -0.2) is 0 Å². The first-order chi connectivity index (χ1) is 10.6. The molecular weight excluding hydrogens is 308 g/mol. The Morgan fingerprint density at radius 3 is 1.70 bits per heavy atom. The van der Waals surface area contributed by atoms with Crippen molar-refractivity contribution in [1.82, 2.24) is 21.3 Å². The molecule has 0 radical (unpaired) electrons. The summed E-state index contributed by atoms with van der Waals surface area (Å²) in [6, 6.07) is 0. The van der Waals surface area contributed by atoms with Crippen molar-refractivity contribution in [2.75, 3.05) is 26.2 Å². The Morgan fingerprint density at radius 1 is 0.826 bits per heavy atom. The van der Waals surface area contributed by atoms with E-state index < -0.39 is 29.3 Å². The van der Waals surface area contributed by atoms with Gasteiger partial charge in [-0.3, -0.25) is 24.0 Å². The first-order valence-electron chi connectivity index (χ1n) is 6.83. The van der Waals surface area contributed by atoms with Gasteiger partial charge in [-0.05, 0) is 20.8 Å². The van der Waals surface area contributed by atoms with Crippen molar-refractivity contribution < 1.29 is 28.7 Å². The number of ether oxygens (including phenoxy) is 1. The molecule has 4 N–H and O–H groups in total. The van der Waals surface area contributed by atoms with Gasteiger partial charge in [0.1, 0.15) is 12.1 Å². The third-order valence-electron chi connectivity index (χ3n) is 2.09. The average Bonchev–Trinajstić information content (AvgIpc) is 2.44. The maximum atomic E-state index is 11.4. The van der Waals surface area contributed by atoms with Crippen LogP contribution < -0.4 is 21.3 Å². The highest BCUT2D eigenvalue weighted by Gasteiger charge is 2.16. The molecule has 130 valence electrons. The maximum absolute atomic E-state index is 11.4. The van der Waals surface area contributed by atoms with Crippen molar-refractivity contribution in [2.24, 2.45) is 0 Å². The van der Waals surface area contributed by atoms with E-state index in [4.69, 9.17) is 4.74 Å². The van der Waals surface area contributed by atoms with Crippen molar-refractivity contribution in [3.8, 4) is 0 Å². The monoisotopic (exact) mass is 330 g/mol. The van der Waals surface area contributed by atoms with Gasteiger partial charge in [-0.15, -0.1) is 0 Å². The van der Waals surface area contributed by atoms with E-state index in [0.717, 1.165) is 0 Å². The van der Waals surface area contributed by atoms with Crippen LogP contribution in [-0.2, 0) is 28.7 Å². The summed E-state index contributed by atoms with van der Waals surface area (Å²) in [4.78, 5) is 55.2. The quantitative estimate of drug-likeness (QED) is 0.270. The molecule has 0 aromatic heterocycles. The number of amides is 4. The molecule has 0 saturated heterocycles. The van der Waals surface area contributed by atoms with Crippen LogP contribution in [0.25, 0.3) is 0 Å². The SMILES string of the molecule is CC(C)(C)OC(=O)CNC(=O)CNC(=O)CNC(=O)CNC=O. The topological polar surface area (TPSA) is 143 Å².